The zero-order valence-corrected chi connectivity index (χ0v) is 21.6. The minimum atomic E-state index is -1.30. The third kappa shape index (κ3) is 3.71. The summed E-state index contributed by atoms with van der Waals surface area (Å²) in [6.45, 7) is 5.42. The Labute approximate surface area is 220 Å². The van der Waals surface area contributed by atoms with Crippen LogP contribution in [-0.4, -0.2) is 50.9 Å². The number of carbonyl (C=O) groups excluding carboxylic acids is 2. The number of aliphatic hydroxyl groups is 1. The molecule has 1 aromatic heterocycles. The number of rotatable bonds is 4. The molecule has 2 amide bonds. The Morgan fingerprint density at radius 2 is 1.95 bits per heavy atom. The van der Waals surface area contributed by atoms with Crippen LogP contribution in [0.3, 0.4) is 0 Å². The summed E-state index contributed by atoms with van der Waals surface area (Å²) in [4.78, 5) is 29.4. The van der Waals surface area contributed by atoms with Gasteiger partial charge in [0.1, 0.15) is 18.1 Å². The number of aryl methyl sites for hydroxylation is 3. The molecule has 198 valence electrons. The van der Waals surface area contributed by atoms with Crippen molar-refractivity contribution >= 4 is 12.0 Å². The monoisotopic (exact) mass is 519 g/mol. The molecule has 2 saturated heterocycles. The van der Waals surface area contributed by atoms with Gasteiger partial charge in [-0.3, -0.25) is 9.69 Å². The van der Waals surface area contributed by atoms with Crippen molar-refractivity contribution in [3.05, 3.63) is 76.4 Å². The highest BCUT2D eigenvalue weighted by molar-refractivity contribution is 5.84. The summed E-state index contributed by atoms with van der Waals surface area (Å²) >= 11 is 0. The molecule has 1 N–H and O–H groups in total. The zero-order chi connectivity index (χ0) is 26.8. The molecule has 1 aliphatic carbocycles. The van der Waals surface area contributed by atoms with E-state index in [0.29, 0.717) is 12.8 Å². The number of carbonyl (C=O) groups is 2. The van der Waals surface area contributed by atoms with E-state index in [-0.39, 0.29) is 30.4 Å². The third-order valence-corrected chi connectivity index (χ3v) is 8.38. The topological polar surface area (TPSA) is 96.1 Å². The quantitative estimate of drug-likeness (QED) is 0.534. The second-order valence-corrected chi connectivity index (χ2v) is 10.6. The van der Waals surface area contributed by atoms with Crippen molar-refractivity contribution in [1.82, 2.24) is 15.0 Å². The lowest BCUT2D eigenvalue weighted by Gasteiger charge is -2.32. The lowest BCUT2D eigenvalue weighted by Crippen LogP contribution is -2.48. The first-order valence-electron chi connectivity index (χ1n) is 13.0. The summed E-state index contributed by atoms with van der Waals surface area (Å²) in [6.07, 6.45) is 0.575. The molecule has 9 heteroatoms. The fourth-order valence-electron chi connectivity index (χ4n) is 6.51. The number of benzene rings is 2. The number of hydrogen-bond acceptors (Lipinski definition) is 6. The molecule has 3 aliphatic rings. The van der Waals surface area contributed by atoms with Crippen molar-refractivity contribution in [3.63, 3.8) is 0 Å². The van der Waals surface area contributed by atoms with E-state index in [9.17, 15) is 19.1 Å². The molecule has 4 atom stereocenters. The van der Waals surface area contributed by atoms with E-state index in [1.54, 1.807) is 17.0 Å². The SMILES string of the molecule is Cc1noc(C)c1-c1ccc2c(c1)CCC21OC(=O)N(CC(=O)N2[C@@H](C)CC[C@H]2c2ccc(F)cc2)C1O. The van der Waals surface area contributed by atoms with Gasteiger partial charge >= 0.3 is 6.09 Å². The van der Waals surface area contributed by atoms with Gasteiger partial charge in [0.25, 0.3) is 0 Å². The van der Waals surface area contributed by atoms with Crippen LogP contribution in [-0.2, 0) is 21.6 Å². The van der Waals surface area contributed by atoms with Crippen LogP contribution in [0.2, 0.25) is 0 Å². The van der Waals surface area contributed by atoms with Crippen LogP contribution in [0, 0.1) is 19.7 Å². The van der Waals surface area contributed by atoms with Gasteiger partial charge in [-0.1, -0.05) is 35.5 Å². The molecular formula is C29H30FN3O5. The highest BCUT2D eigenvalue weighted by Gasteiger charge is 2.58. The van der Waals surface area contributed by atoms with Crippen molar-refractivity contribution in [3.8, 4) is 11.1 Å². The number of aliphatic hydroxyl groups excluding tert-OH is 1. The number of likely N-dealkylation sites (tertiary alicyclic amines) is 1. The van der Waals surface area contributed by atoms with Crippen molar-refractivity contribution < 1.29 is 28.3 Å². The molecule has 1 spiro atoms. The maximum atomic E-state index is 13.5. The fraction of sp³-hybridized carbons (Fsp3) is 0.414. The smallest absolute Gasteiger partial charge is 0.413 e. The van der Waals surface area contributed by atoms with Crippen LogP contribution < -0.4 is 0 Å². The predicted octanol–water partition coefficient (Wildman–Crippen LogP) is 4.76. The van der Waals surface area contributed by atoms with Crippen LogP contribution in [0.15, 0.2) is 47.0 Å². The highest BCUT2D eigenvalue weighted by atomic mass is 19.1. The summed E-state index contributed by atoms with van der Waals surface area (Å²) in [7, 11) is 0. The fourth-order valence-corrected chi connectivity index (χ4v) is 6.51. The van der Waals surface area contributed by atoms with E-state index >= 15 is 0 Å². The van der Waals surface area contributed by atoms with Crippen molar-refractivity contribution in [2.45, 2.75) is 70.4 Å². The van der Waals surface area contributed by atoms with Crippen LogP contribution in [0.25, 0.3) is 11.1 Å². The Hall–Kier alpha value is -3.72. The highest BCUT2D eigenvalue weighted by Crippen LogP contribution is 2.49. The number of fused-ring (bicyclic) bond motifs is 2. The first-order chi connectivity index (χ1) is 18.2. The molecule has 8 nitrogen and oxygen atoms in total. The van der Waals surface area contributed by atoms with Gasteiger partial charge in [0, 0.05) is 23.6 Å². The van der Waals surface area contributed by atoms with E-state index in [1.165, 1.54) is 12.1 Å². The molecular weight excluding hydrogens is 489 g/mol. The van der Waals surface area contributed by atoms with Gasteiger partial charge in [-0.05, 0) is 68.9 Å². The summed E-state index contributed by atoms with van der Waals surface area (Å²) < 4.78 is 24.6. The molecule has 38 heavy (non-hydrogen) atoms. The average Bonchev–Trinajstić information content (AvgIpc) is 3.62. The Balaban J connectivity index is 1.24. The molecule has 3 heterocycles. The van der Waals surface area contributed by atoms with Crippen LogP contribution in [0.4, 0.5) is 9.18 Å². The Bertz CT molecular complexity index is 1400. The lowest BCUT2D eigenvalue weighted by molar-refractivity contribution is -0.137. The van der Waals surface area contributed by atoms with E-state index in [0.717, 1.165) is 57.0 Å². The van der Waals surface area contributed by atoms with E-state index in [2.05, 4.69) is 5.16 Å². The molecule has 2 fully saturated rings. The molecule has 2 aliphatic heterocycles. The standard InChI is InChI=1S/C29H30FN3O5/c1-16-4-11-24(19-5-8-22(30)9-6-19)33(16)25(34)15-32-27(35)29(37-28(32)36)13-12-20-14-21(7-10-23(20)29)26-17(2)31-38-18(26)3/h5-10,14,16,24,27,35H,4,11-13,15H2,1-3H3/t16-,24-,27?,29?/m0/s1. The van der Waals surface area contributed by atoms with E-state index in [4.69, 9.17) is 9.26 Å². The molecule has 3 aromatic rings. The van der Waals surface area contributed by atoms with Crippen molar-refractivity contribution in [1.29, 1.82) is 0 Å². The van der Waals surface area contributed by atoms with E-state index < -0.39 is 17.9 Å². The van der Waals surface area contributed by atoms with Gasteiger partial charge in [-0.2, -0.15) is 0 Å². The third-order valence-electron chi connectivity index (χ3n) is 8.38. The number of halogens is 1. The van der Waals surface area contributed by atoms with Gasteiger partial charge in [-0.25, -0.2) is 9.18 Å². The molecule has 0 bridgehead atoms. The second kappa shape index (κ2) is 8.94. The van der Waals surface area contributed by atoms with Crippen molar-refractivity contribution in [2.24, 2.45) is 0 Å². The van der Waals surface area contributed by atoms with Gasteiger partial charge < -0.3 is 19.3 Å². The summed E-state index contributed by atoms with van der Waals surface area (Å²) in [5, 5.41) is 15.5. The predicted molar refractivity (Wildman–Crippen MR) is 135 cm³/mol. The minimum Gasteiger partial charge on any atom is -0.433 e. The largest absolute Gasteiger partial charge is 0.433 e. The summed E-state index contributed by atoms with van der Waals surface area (Å²) in [5.74, 6) is 0.119. The average molecular weight is 520 g/mol. The Kier molecular flexibility index (Phi) is 5.79. The first-order valence-corrected chi connectivity index (χ1v) is 13.0. The maximum absolute atomic E-state index is 13.5. The molecule has 0 saturated carbocycles. The van der Waals surface area contributed by atoms with Gasteiger partial charge in [0.05, 0.1) is 11.7 Å². The second-order valence-electron chi connectivity index (χ2n) is 10.6. The van der Waals surface area contributed by atoms with E-state index in [1.807, 2.05) is 39.0 Å². The summed E-state index contributed by atoms with van der Waals surface area (Å²) in [5.41, 5.74) is 4.04. The summed E-state index contributed by atoms with van der Waals surface area (Å²) in [6, 6.07) is 11.8. The van der Waals surface area contributed by atoms with Gasteiger partial charge in [-0.15, -0.1) is 0 Å². The van der Waals surface area contributed by atoms with Crippen LogP contribution >= 0.6 is 0 Å². The van der Waals surface area contributed by atoms with Gasteiger partial charge in [0.15, 0.2) is 11.8 Å². The van der Waals surface area contributed by atoms with Crippen LogP contribution in [0.5, 0.6) is 0 Å². The number of ether oxygens (including phenoxy) is 1. The molecule has 2 unspecified atom stereocenters. The number of amides is 2. The van der Waals surface area contributed by atoms with Crippen molar-refractivity contribution in [2.75, 3.05) is 6.54 Å². The number of aromatic nitrogens is 1. The molecule has 2 aromatic carbocycles. The minimum absolute atomic E-state index is 0.0442. The Morgan fingerprint density at radius 1 is 1.18 bits per heavy atom. The first kappa shape index (κ1) is 24.6. The number of nitrogens with zero attached hydrogens (tertiary/aromatic N) is 3. The Morgan fingerprint density at radius 3 is 2.66 bits per heavy atom. The molecule has 6 rings (SSSR count). The number of hydrogen-bond donors (Lipinski definition) is 1. The molecule has 0 radical (unpaired) electrons. The lowest BCUT2D eigenvalue weighted by atomic mass is 9.92. The van der Waals surface area contributed by atoms with Crippen LogP contribution in [0.1, 0.15) is 60.4 Å². The zero-order valence-electron chi connectivity index (χ0n) is 21.6. The maximum Gasteiger partial charge on any atom is 0.413 e. The normalized spacial score (nSPS) is 26.3. The van der Waals surface area contributed by atoms with Gasteiger partial charge in [0.2, 0.25) is 5.91 Å².